The van der Waals surface area contributed by atoms with Crippen LogP contribution in [0.5, 0.6) is 0 Å². The van der Waals surface area contributed by atoms with Crippen molar-refractivity contribution < 1.29 is 18.7 Å². The van der Waals surface area contributed by atoms with Crippen LogP contribution in [-0.2, 0) is 9.53 Å². The first-order valence-corrected chi connectivity index (χ1v) is 9.91. The van der Waals surface area contributed by atoms with Crippen molar-refractivity contribution in [1.82, 2.24) is 4.90 Å². The molecule has 0 saturated carbocycles. The lowest BCUT2D eigenvalue weighted by Crippen LogP contribution is -2.28. The van der Waals surface area contributed by atoms with Gasteiger partial charge in [-0.2, -0.15) is 5.26 Å². The molecule has 1 aromatic carbocycles. The largest absolute Gasteiger partial charge is 0.462 e. The Bertz CT molecular complexity index is 929. The van der Waals surface area contributed by atoms with Gasteiger partial charge < -0.3 is 14.1 Å². The molecule has 0 bridgehead atoms. The van der Waals surface area contributed by atoms with E-state index >= 15 is 0 Å². The second kappa shape index (κ2) is 9.74. The van der Waals surface area contributed by atoms with E-state index < -0.39 is 0 Å². The lowest BCUT2D eigenvalue weighted by Gasteiger charge is -2.13. The van der Waals surface area contributed by atoms with E-state index in [4.69, 9.17) is 9.15 Å². The Labute approximate surface area is 170 Å². The highest BCUT2D eigenvalue weighted by atomic mass is 16.5. The normalized spacial score (nSPS) is 13.9. The molecule has 150 valence electrons. The predicted molar refractivity (Wildman–Crippen MR) is 109 cm³/mol. The Hall–Kier alpha value is -3.33. The number of carbonyl (C=O) groups is 2. The van der Waals surface area contributed by atoms with Crippen LogP contribution in [0.3, 0.4) is 0 Å². The van der Waals surface area contributed by atoms with Crippen molar-refractivity contribution in [2.45, 2.75) is 32.6 Å². The van der Waals surface area contributed by atoms with E-state index in [-0.39, 0.29) is 17.4 Å². The molecule has 0 N–H and O–H groups in total. The Morgan fingerprint density at radius 2 is 1.90 bits per heavy atom. The summed E-state index contributed by atoms with van der Waals surface area (Å²) in [4.78, 5) is 26.1. The van der Waals surface area contributed by atoms with E-state index in [1.165, 1.54) is 6.08 Å². The summed E-state index contributed by atoms with van der Waals surface area (Å²) in [6, 6.07) is 12.4. The highest BCUT2D eigenvalue weighted by molar-refractivity contribution is 6.01. The summed E-state index contributed by atoms with van der Waals surface area (Å²) in [7, 11) is 0. The van der Waals surface area contributed by atoms with E-state index in [1.807, 2.05) is 13.0 Å². The minimum atomic E-state index is -0.341. The summed E-state index contributed by atoms with van der Waals surface area (Å²) in [5, 5.41) is 9.35. The molecule has 6 nitrogen and oxygen atoms in total. The van der Waals surface area contributed by atoms with Crippen LogP contribution in [0.4, 0.5) is 0 Å². The maximum Gasteiger partial charge on any atom is 0.338 e. The van der Waals surface area contributed by atoms with Crippen LogP contribution in [0.25, 0.3) is 17.4 Å². The summed E-state index contributed by atoms with van der Waals surface area (Å²) in [6.07, 6.45) is 5.23. The molecule has 2 heterocycles. The van der Waals surface area contributed by atoms with Crippen LogP contribution in [0, 0.1) is 11.3 Å². The Morgan fingerprint density at radius 3 is 2.55 bits per heavy atom. The molecule has 3 rings (SSSR count). The van der Waals surface area contributed by atoms with E-state index in [2.05, 4.69) is 0 Å². The molecule has 6 heteroatoms. The zero-order valence-corrected chi connectivity index (χ0v) is 16.5. The smallest absolute Gasteiger partial charge is 0.338 e. The molecule has 0 aliphatic carbocycles. The lowest BCUT2D eigenvalue weighted by molar-refractivity contribution is -0.125. The number of carbonyl (C=O) groups excluding carboxylic acids is 2. The highest BCUT2D eigenvalue weighted by Gasteiger charge is 2.21. The first kappa shape index (κ1) is 20.4. The maximum atomic E-state index is 12.4. The molecule has 1 aromatic heterocycles. The van der Waals surface area contributed by atoms with E-state index in [1.54, 1.807) is 41.3 Å². The van der Waals surface area contributed by atoms with Gasteiger partial charge >= 0.3 is 5.97 Å². The molecule has 1 aliphatic rings. The molecule has 1 aliphatic heterocycles. The van der Waals surface area contributed by atoms with Crippen LogP contribution in [0.2, 0.25) is 0 Å². The Morgan fingerprint density at radius 1 is 1.17 bits per heavy atom. The second-order valence-electron chi connectivity index (χ2n) is 6.94. The quantitative estimate of drug-likeness (QED) is 0.301. The van der Waals surface area contributed by atoms with Gasteiger partial charge in [-0.1, -0.05) is 25.5 Å². The third-order valence-electron chi connectivity index (χ3n) is 4.79. The summed E-state index contributed by atoms with van der Waals surface area (Å²) < 4.78 is 11.0. The number of likely N-dealkylation sites (tertiary alicyclic amines) is 1. The molecule has 29 heavy (non-hydrogen) atoms. The van der Waals surface area contributed by atoms with Crippen LogP contribution in [0.1, 0.15) is 48.7 Å². The molecule has 2 aromatic rings. The van der Waals surface area contributed by atoms with Crippen LogP contribution >= 0.6 is 0 Å². The van der Waals surface area contributed by atoms with Gasteiger partial charge in [0, 0.05) is 24.7 Å². The number of hydrogen-bond acceptors (Lipinski definition) is 5. The fourth-order valence-corrected chi connectivity index (χ4v) is 3.12. The zero-order valence-electron chi connectivity index (χ0n) is 16.5. The first-order valence-electron chi connectivity index (χ1n) is 9.91. The molecule has 0 unspecified atom stereocenters. The SMILES string of the molecule is CCCCOC(=O)c1ccc(-c2ccc(/C=C(\C#N)C(=O)N3CCCC3)o2)cc1. The van der Waals surface area contributed by atoms with Crippen molar-refractivity contribution in [1.29, 1.82) is 5.26 Å². The molecule has 0 spiro atoms. The van der Waals surface area contributed by atoms with Crippen molar-refractivity contribution in [2.75, 3.05) is 19.7 Å². The molecule has 1 saturated heterocycles. The van der Waals surface area contributed by atoms with Gasteiger partial charge in [0.15, 0.2) is 0 Å². The fraction of sp³-hybridized carbons (Fsp3) is 0.348. The maximum absolute atomic E-state index is 12.4. The first-order chi connectivity index (χ1) is 14.1. The average Bonchev–Trinajstić information content (AvgIpc) is 3.44. The average molecular weight is 392 g/mol. The molecule has 0 atom stereocenters. The number of esters is 1. The minimum Gasteiger partial charge on any atom is -0.462 e. The number of hydrogen-bond donors (Lipinski definition) is 0. The third-order valence-corrected chi connectivity index (χ3v) is 4.79. The van der Waals surface area contributed by atoms with Crippen molar-refractivity contribution in [3.05, 3.63) is 53.3 Å². The number of rotatable bonds is 7. The van der Waals surface area contributed by atoms with Crippen molar-refractivity contribution in [3.63, 3.8) is 0 Å². The van der Waals surface area contributed by atoms with E-state index in [0.29, 0.717) is 36.8 Å². The van der Waals surface area contributed by atoms with E-state index in [0.717, 1.165) is 31.2 Å². The third kappa shape index (κ3) is 5.14. The number of nitriles is 1. The van der Waals surface area contributed by atoms with Gasteiger partial charge in [0.1, 0.15) is 23.2 Å². The molecular weight excluding hydrogens is 368 g/mol. The van der Waals surface area contributed by atoms with Gasteiger partial charge in [-0.3, -0.25) is 4.79 Å². The number of amides is 1. The monoisotopic (exact) mass is 392 g/mol. The van der Waals surface area contributed by atoms with Crippen molar-refractivity contribution in [3.8, 4) is 17.4 Å². The summed E-state index contributed by atoms with van der Waals surface area (Å²) in [6.45, 7) is 3.84. The topological polar surface area (TPSA) is 83.5 Å². The van der Waals surface area contributed by atoms with Crippen LogP contribution in [-0.4, -0.2) is 36.5 Å². The highest BCUT2D eigenvalue weighted by Crippen LogP contribution is 2.24. The van der Waals surface area contributed by atoms with Gasteiger partial charge in [0.25, 0.3) is 5.91 Å². The van der Waals surface area contributed by atoms with Gasteiger partial charge in [-0.05, 0) is 43.5 Å². The predicted octanol–water partition coefficient (Wildman–Crippen LogP) is 4.43. The lowest BCUT2D eigenvalue weighted by atomic mass is 10.1. The fourth-order valence-electron chi connectivity index (χ4n) is 3.12. The minimum absolute atomic E-state index is 0.0676. The van der Waals surface area contributed by atoms with Gasteiger partial charge in [0.2, 0.25) is 0 Å². The number of ether oxygens (including phenoxy) is 1. The van der Waals surface area contributed by atoms with Crippen molar-refractivity contribution in [2.24, 2.45) is 0 Å². The molecule has 1 fully saturated rings. The number of nitrogens with zero attached hydrogens (tertiary/aromatic N) is 2. The van der Waals surface area contributed by atoms with Crippen LogP contribution in [0.15, 0.2) is 46.4 Å². The van der Waals surface area contributed by atoms with E-state index in [9.17, 15) is 14.9 Å². The number of furan rings is 1. The van der Waals surface area contributed by atoms with Crippen molar-refractivity contribution >= 4 is 18.0 Å². The zero-order chi connectivity index (χ0) is 20.6. The number of unbranched alkanes of at least 4 members (excludes halogenated alkanes) is 1. The molecular formula is C23H24N2O4. The molecule has 0 radical (unpaired) electrons. The Kier molecular flexibility index (Phi) is 6.85. The molecule has 1 amide bonds. The standard InChI is InChI=1S/C23H24N2O4/c1-2-3-14-28-23(27)18-8-6-17(7-9-18)21-11-10-20(29-21)15-19(16-24)22(26)25-12-4-5-13-25/h6-11,15H,2-5,12-14H2,1H3/b19-15+. The van der Waals surface area contributed by atoms with Gasteiger partial charge in [-0.15, -0.1) is 0 Å². The summed E-state index contributed by atoms with van der Waals surface area (Å²) >= 11 is 0. The summed E-state index contributed by atoms with van der Waals surface area (Å²) in [5.74, 6) is 0.432. The second-order valence-corrected chi connectivity index (χ2v) is 6.94. The van der Waals surface area contributed by atoms with Gasteiger partial charge in [0.05, 0.1) is 12.2 Å². The van der Waals surface area contributed by atoms with Gasteiger partial charge in [-0.25, -0.2) is 4.79 Å². The summed E-state index contributed by atoms with van der Waals surface area (Å²) in [5.41, 5.74) is 1.34. The number of benzene rings is 1. The Balaban J connectivity index is 1.70. The van der Waals surface area contributed by atoms with Crippen LogP contribution < -0.4 is 0 Å².